The van der Waals surface area contributed by atoms with Gasteiger partial charge in [0.2, 0.25) is 0 Å². The smallest absolute Gasteiger partial charge is 0 e. The summed E-state index contributed by atoms with van der Waals surface area (Å²) in [5, 5.41) is 0. The molecule has 24 valence electrons. The molecule has 0 aliphatic carbocycles. The largest absolute Gasteiger partial charge is 0.153 e. The molecule has 0 rings (SSSR count). The van der Waals surface area contributed by atoms with Crippen LogP contribution in [0.15, 0.2) is 0 Å². The second-order valence-electron chi connectivity index (χ2n) is 0. The van der Waals surface area contributed by atoms with Crippen LogP contribution in [0.4, 0.5) is 0 Å². The molecular weight excluding hydrogens is 255 g/mol. The summed E-state index contributed by atoms with van der Waals surface area (Å²) in [5.74, 6) is 0. The van der Waals surface area contributed by atoms with Crippen molar-refractivity contribution in [1.29, 1.82) is 0 Å². The van der Waals surface area contributed by atoms with E-state index in [0.29, 0.717) is 0 Å². The molecule has 1 atom stereocenters. The molecule has 0 aliphatic heterocycles. The van der Waals surface area contributed by atoms with Crippen molar-refractivity contribution < 1.29 is 19.5 Å². The molecule has 0 amide bonds. The summed E-state index contributed by atoms with van der Waals surface area (Å²) in [6.07, 6.45) is 0. The van der Waals surface area contributed by atoms with Crippen LogP contribution in [0.2, 0.25) is 0 Å². The van der Waals surface area contributed by atoms with E-state index in [2.05, 4.69) is 0 Å². The number of hydrogen-bond donors (Lipinski definition) is 0. The van der Waals surface area contributed by atoms with E-state index < -0.39 is 0 Å². The van der Waals surface area contributed by atoms with E-state index in [9.17, 15) is 0 Å². The second kappa shape index (κ2) is 19.7. The summed E-state index contributed by atoms with van der Waals surface area (Å²) in [7, 11) is 0. The molecule has 0 heterocycles. The molecule has 0 saturated carbocycles. The van der Waals surface area contributed by atoms with Gasteiger partial charge in [-0.25, -0.2) is 0 Å². The standard InChI is InChI=1S/BrH.H3P.Se.Zn/h1H;1H3;;. The first-order chi connectivity index (χ1) is 0. The first-order valence-electron chi connectivity index (χ1n) is 0. The Morgan fingerprint density at radius 1 is 1.00 bits per heavy atom. The van der Waals surface area contributed by atoms with Crippen molar-refractivity contribution in [3.63, 3.8) is 0 Å². The van der Waals surface area contributed by atoms with Crippen LogP contribution in [0.1, 0.15) is 0 Å². The van der Waals surface area contributed by atoms with Crippen molar-refractivity contribution in [2.45, 2.75) is 0 Å². The second-order valence-corrected chi connectivity index (χ2v) is 0. The molecular formula is H4BrPSeZn. The Morgan fingerprint density at radius 2 is 1.00 bits per heavy atom. The Labute approximate surface area is 63.1 Å². The van der Waals surface area contributed by atoms with Gasteiger partial charge in [-0.1, -0.05) is 0 Å². The Kier molecular flexibility index (Phi) is 181. The van der Waals surface area contributed by atoms with Gasteiger partial charge in [0.1, 0.15) is 0 Å². The van der Waals surface area contributed by atoms with E-state index in [-0.39, 0.29) is 63.4 Å². The number of rotatable bonds is 0. The summed E-state index contributed by atoms with van der Waals surface area (Å²) in [4.78, 5) is 0. The maximum atomic E-state index is 0. The summed E-state index contributed by atoms with van der Waals surface area (Å²) in [6, 6.07) is 0. The van der Waals surface area contributed by atoms with Gasteiger partial charge in [-0.2, -0.15) is 9.90 Å². The normalized spacial score (nSPS) is 0. The molecule has 0 fully saturated rings. The number of halogens is 1. The quantitative estimate of drug-likeness (QED) is 0.432. The topological polar surface area (TPSA) is 0 Å². The third-order valence-electron chi connectivity index (χ3n) is 0. The maximum absolute atomic E-state index is 0. The first-order valence-corrected chi connectivity index (χ1v) is 0. The van der Waals surface area contributed by atoms with Gasteiger partial charge in [-0.15, -0.1) is 17.0 Å². The molecule has 4 heteroatoms. The van der Waals surface area contributed by atoms with Crippen molar-refractivity contribution in [3.05, 3.63) is 0 Å². The van der Waals surface area contributed by atoms with Crippen LogP contribution in [0.3, 0.4) is 0 Å². The van der Waals surface area contributed by atoms with Gasteiger partial charge in [0.05, 0.1) is 0 Å². The molecule has 4 heavy (non-hydrogen) atoms. The fourth-order valence-corrected chi connectivity index (χ4v) is 0. The average molecular weight is 259 g/mol. The van der Waals surface area contributed by atoms with E-state index in [4.69, 9.17) is 0 Å². The Balaban J connectivity index is 0. The van der Waals surface area contributed by atoms with Crippen molar-refractivity contribution >= 4 is 43.9 Å². The molecule has 0 nitrogen and oxygen atoms in total. The van der Waals surface area contributed by atoms with E-state index in [1.807, 2.05) is 0 Å². The Hall–Kier alpha value is 2.05. The van der Waals surface area contributed by atoms with Crippen LogP contribution in [0.5, 0.6) is 0 Å². The van der Waals surface area contributed by atoms with Crippen LogP contribution in [0, 0.1) is 0 Å². The summed E-state index contributed by atoms with van der Waals surface area (Å²) in [6.45, 7) is 0. The van der Waals surface area contributed by atoms with Gasteiger partial charge in [0, 0.05) is 36.5 Å². The first kappa shape index (κ1) is 36.7. The SMILES string of the molecule is Br.P.[Se].[Zn]. The monoisotopic (exact) mass is 258 g/mol. The molecule has 2 radical (unpaired) electrons. The minimum atomic E-state index is 0. The van der Waals surface area contributed by atoms with Crippen LogP contribution in [-0.2, 0) is 19.5 Å². The fourth-order valence-electron chi connectivity index (χ4n) is 0. The number of hydrogen-bond acceptors (Lipinski definition) is 0. The third-order valence-corrected chi connectivity index (χ3v) is 0. The molecule has 0 aliphatic rings. The molecule has 0 aromatic heterocycles. The van der Waals surface area contributed by atoms with Crippen LogP contribution in [-0.4, -0.2) is 17.1 Å². The predicted octanol–water partition coefficient (Wildman–Crippen LogP) is 0.253. The summed E-state index contributed by atoms with van der Waals surface area (Å²) in [5.41, 5.74) is 0. The van der Waals surface area contributed by atoms with Crippen molar-refractivity contribution in [2.24, 2.45) is 0 Å². The van der Waals surface area contributed by atoms with Gasteiger partial charge in [-0.05, 0) is 0 Å². The maximum Gasteiger partial charge on any atom is 0 e. The minimum absolute atomic E-state index is 0. The zero-order valence-corrected chi connectivity index (χ0v) is 10.0. The summed E-state index contributed by atoms with van der Waals surface area (Å²) < 4.78 is 0. The van der Waals surface area contributed by atoms with E-state index in [1.54, 1.807) is 0 Å². The van der Waals surface area contributed by atoms with Crippen LogP contribution in [0.25, 0.3) is 0 Å². The van der Waals surface area contributed by atoms with Crippen molar-refractivity contribution in [2.75, 3.05) is 0 Å². The van der Waals surface area contributed by atoms with Gasteiger partial charge in [0.25, 0.3) is 0 Å². The molecule has 0 N–H and O–H groups in total. The van der Waals surface area contributed by atoms with E-state index in [1.165, 1.54) is 0 Å². The third kappa shape index (κ3) is 8.96. The Morgan fingerprint density at radius 3 is 1.00 bits per heavy atom. The zero-order chi connectivity index (χ0) is 0. The zero-order valence-electron chi connectivity index (χ0n) is 2.23. The molecule has 0 aromatic rings. The van der Waals surface area contributed by atoms with Crippen LogP contribution >= 0.6 is 26.9 Å². The molecule has 0 bridgehead atoms. The van der Waals surface area contributed by atoms with Crippen LogP contribution < -0.4 is 0 Å². The molecule has 1 unspecified atom stereocenters. The predicted molar refractivity (Wildman–Crippen MR) is 27.2 cm³/mol. The molecule has 0 saturated heterocycles. The van der Waals surface area contributed by atoms with Crippen molar-refractivity contribution in [3.8, 4) is 0 Å². The van der Waals surface area contributed by atoms with Gasteiger partial charge in [-0.3, -0.25) is 0 Å². The minimum Gasteiger partial charge on any atom is -0.153 e. The van der Waals surface area contributed by atoms with Gasteiger partial charge in [0.15, 0.2) is 0 Å². The molecule has 0 aromatic carbocycles. The summed E-state index contributed by atoms with van der Waals surface area (Å²) >= 11 is 0. The van der Waals surface area contributed by atoms with Crippen molar-refractivity contribution in [1.82, 2.24) is 0 Å². The average Bonchev–Trinajstić information content (AvgIpc) is 0. The Bertz CT molecular complexity index is 8.00. The van der Waals surface area contributed by atoms with Gasteiger partial charge >= 0.3 is 0 Å². The molecule has 0 spiro atoms. The van der Waals surface area contributed by atoms with E-state index >= 15 is 0 Å². The van der Waals surface area contributed by atoms with E-state index in [0.717, 1.165) is 0 Å². The van der Waals surface area contributed by atoms with Gasteiger partial charge < -0.3 is 0 Å². The fraction of sp³-hybridized carbons (Fsp3) is 0.